The Bertz CT molecular complexity index is 291. The number of aliphatic hydroxyl groups is 1. The maximum atomic E-state index is 12.0. The summed E-state index contributed by atoms with van der Waals surface area (Å²) in [6, 6.07) is -0.0345. The zero-order chi connectivity index (χ0) is 14.5. The van der Waals surface area contributed by atoms with Gasteiger partial charge in [-0.25, -0.2) is 4.79 Å². The number of hydrogen-bond acceptors (Lipinski definition) is 3. The molecule has 0 unspecified atom stereocenters. The Kier molecular flexibility index (Phi) is 5.62. The number of ether oxygens (including phenoxy) is 1. The Morgan fingerprint density at radius 1 is 1.42 bits per heavy atom. The first-order valence-electron chi connectivity index (χ1n) is 7.07. The minimum absolute atomic E-state index is 0.0164. The molecule has 1 heterocycles. The number of carbonyl (C=O) groups excluding carboxylic acids is 1. The second kappa shape index (κ2) is 6.57. The summed E-state index contributed by atoms with van der Waals surface area (Å²) in [5, 5.41) is 12.4. The number of carbonyl (C=O) groups is 1. The summed E-state index contributed by atoms with van der Waals surface area (Å²) in [5.74, 6) is 0. The van der Waals surface area contributed by atoms with E-state index in [9.17, 15) is 9.90 Å². The first-order chi connectivity index (χ1) is 8.88. The molecule has 1 aliphatic rings. The quantitative estimate of drug-likeness (QED) is 0.799. The standard InChI is InChI=1S/C14H28N2O3/c1-5-14(11-17)6-8-16(9-7-14)12(18)15-10-13(2,3)19-4/h17H,5-11H2,1-4H3,(H,15,18). The van der Waals surface area contributed by atoms with Gasteiger partial charge < -0.3 is 20.1 Å². The Hall–Kier alpha value is -0.810. The molecule has 112 valence electrons. The highest BCUT2D eigenvalue weighted by molar-refractivity contribution is 5.74. The number of nitrogens with zero attached hydrogens (tertiary/aromatic N) is 1. The summed E-state index contributed by atoms with van der Waals surface area (Å²) in [4.78, 5) is 13.9. The number of methoxy groups -OCH3 is 1. The molecule has 0 atom stereocenters. The van der Waals surface area contributed by atoms with Crippen LogP contribution in [0.25, 0.3) is 0 Å². The molecule has 1 rings (SSSR count). The van der Waals surface area contributed by atoms with Gasteiger partial charge in [0.25, 0.3) is 0 Å². The van der Waals surface area contributed by atoms with Crippen molar-refractivity contribution in [2.75, 3.05) is 33.4 Å². The van der Waals surface area contributed by atoms with Crippen LogP contribution in [0.15, 0.2) is 0 Å². The van der Waals surface area contributed by atoms with Gasteiger partial charge in [-0.15, -0.1) is 0 Å². The third-order valence-corrected chi connectivity index (χ3v) is 4.41. The maximum absolute atomic E-state index is 12.0. The molecule has 0 aromatic rings. The highest BCUT2D eigenvalue weighted by Gasteiger charge is 2.34. The van der Waals surface area contributed by atoms with Crippen molar-refractivity contribution >= 4 is 6.03 Å². The van der Waals surface area contributed by atoms with Crippen LogP contribution in [0.4, 0.5) is 4.79 Å². The number of piperidine rings is 1. The molecular formula is C14H28N2O3. The topological polar surface area (TPSA) is 61.8 Å². The van der Waals surface area contributed by atoms with Crippen molar-refractivity contribution in [3.05, 3.63) is 0 Å². The average Bonchev–Trinajstić information content (AvgIpc) is 2.45. The van der Waals surface area contributed by atoms with Gasteiger partial charge in [-0.2, -0.15) is 0 Å². The van der Waals surface area contributed by atoms with E-state index in [2.05, 4.69) is 12.2 Å². The minimum Gasteiger partial charge on any atom is -0.396 e. The molecule has 0 spiro atoms. The molecule has 0 radical (unpaired) electrons. The molecule has 19 heavy (non-hydrogen) atoms. The van der Waals surface area contributed by atoms with Crippen molar-refractivity contribution in [2.45, 2.75) is 45.6 Å². The number of amides is 2. The van der Waals surface area contributed by atoms with Gasteiger partial charge in [0.1, 0.15) is 0 Å². The third kappa shape index (κ3) is 4.35. The molecule has 1 saturated heterocycles. The number of urea groups is 1. The van der Waals surface area contributed by atoms with E-state index < -0.39 is 0 Å². The molecular weight excluding hydrogens is 244 g/mol. The molecule has 1 fully saturated rings. The lowest BCUT2D eigenvalue weighted by Gasteiger charge is -2.40. The zero-order valence-electron chi connectivity index (χ0n) is 12.7. The lowest BCUT2D eigenvalue weighted by Crippen LogP contribution is -2.50. The van der Waals surface area contributed by atoms with E-state index in [1.54, 1.807) is 7.11 Å². The highest BCUT2D eigenvalue weighted by Crippen LogP contribution is 2.34. The molecule has 1 aliphatic heterocycles. The summed E-state index contributed by atoms with van der Waals surface area (Å²) >= 11 is 0. The third-order valence-electron chi connectivity index (χ3n) is 4.41. The fraction of sp³-hybridized carbons (Fsp3) is 0.929. The number of likely N-dealkylation sites (tertiary alicyclic amines) is 1. The fourth-order valence-electron chi connectivity index (χ4n) is 2.28. The van der Waals surface area contributed by atoms with E-state index in [4.69, 9.17) is 4.74 Å². The fourth-order valence-corrected chi connectivity index (χ4v) is 2.28. The van der Waals surface area contributed by atoms with Crippen molar-refractivity contribution in [1.29, 1.82) is 0 Å². The number of nitrogens with one attached hydrogen (secondary N) is 1. The average molecular weight is 272 g/mol. The van der Waals surface area contributed by atoms with Crippen LogP contribution >= 0.6 is 0 Å². The molecule has 0 aromatic carbocycles. The van der Waals surface area contributed by atoms with Gasteiger partial charge in [0, 0.05) is 33.4 Å². The van der Waals surface area contributed by atoms with Crippen molar-refractivity contribution < 1.29 is 14.6 Å². The lowest BCUT2D eigenvalue weighted by atomic mass is 9.77. The van der Waals surface area contributed by atoms with E-state index in [0.717, 1.165) is 19.3 Å². The molecule has 2 amide bonds. The van der Waals surface area contributed by atoms with Crippen LogP contribution < -0.4 is 5.32 Å². The summed E-state index contributed by atoms with van der Waals surface area (Å²) < 4.78 is 5.28. The van der Waals surface area contributed by atoms with Gasteiger partial charge in [-0.3, -0.25) is 0 Å². The molecule has 0 bridgehead atoms. The predicted molar refractivity (Wildman–Crippen MR) is 75.1 cm³/mol. The summed E-state index contributed by atoms with van der Waals surface area (Å²) in [6.45, 7) is 8.14. The first kappa shape index (κ1) is 16.2. The van der Waals surface area contributed by atoms with Gasteiger partial charge >= 0.3 is 6.03 Å². The summed E-state index contributed by atoms with van der Waals surface area (Å²) in [6.07, 6.45) is 2.72. The van der Waals surface area contributed by atoms with Crippen molar-refractivity contribution in [1.82, 2.24) is 10.2 Å². The van der Waals surface area contributed by atoms with Crippen LogP contribution in [0.5, 0.6) is 0 Å². The zero-order valence-corrected chi connectivity index (χ0v) is 12.7. The second-order valence-corrected chi connectivity index (χ2v) is 6.12. The normalized spacial score (nSPS) is 19.3. The minimum atomic E-state index is -0.344. The van der Waals surface area contributed by atoms with Crippen LogP contribution in [0.1, 0.15) is 40.0 Å². The van der Waals surface area contributed by atoms with E-state index in [0.29, 0.717) is 19.6 Å². The molecule has 0 aromatic heterocycles. The van der Waals surface area contributed by atoms with Gasteiger partial charge in [-0.05, 0) is 38.5 Å². The van der Waals surface area contributed by atoms with E-state index >= 15 is 0 Å². The number of rotatable bonds is 5. The van der Waals surface area contributed by atoms with Crippen molar-refractivity contribution in [3.63, 3.8) is 0 Å². The Balaban J connectivity index is 2.41. The van der Waals surface area contributed by atoms with E-state index in [1.807, 2.05) is 18.7 Å². The Morgan fingerprint density at radius 3 is 2.42 bits per heavy atom. The SMILES string of the molecule is CCC1(CO)CCN(C(=O)NCC(C)(C)OC)CC1. The Labute approximate surface area is 116 Å². The number of hydrogen-bond donors (Lipinski definition) is 2. The molecule has 0 saturated carbocycles. The molecule has 5 heteroatoms. The molecule has 0 aliphatic carbocycles. The highest BCUT2D eigenvalue weighted by atomic mass is 16.5. The molecule has 5 nitrogen and oxygen atoms in total. The molecule has 2 N–H and O–H groups in total. The van der Waals surface area contributed by atoms with Gasteiger partial charge in [0.05, 0.1) is 5.60 Å². The van der Waals surface area contributed by atoms with Crippen LogP contribution in [0.3, 0.4) is 0 Å². The van der Waals surface area contributed by atoms with E-state index in [1.165, 1.54) is 0 Å². The van der Waals surface area contributed by atoms with Crippen LogP contribution in [0.2, 0.25) is 0 Å². The smallest absolute Gasteiger partial charge is 0.317 e. The van der Waals surface area contributed by atoms with Crippen LogP contribution in [0, 0.1) is 5.41 Å². The number of aliphatic hydroxyl groups excluding tert-OH is 1. The van der Waals surface area contributed by atoms with Gasteiger partial charge in [0.15, 0.2) is 0 Å². The van der Waals surface area contributed by atoms with Gasteiger partial charge in [-0.1, -0.05) is 6.92 Å². The van der Waals surface area contributed by atoms with Crippen LogP contribution in [-0.4, -0.2) is 55.0 Å². The van der Waals surface area contributed by atoms with Crippen molar-refractivity contribution in [3.8, 4) is 0 Å². The maximum Gasteiger partial charge on any atom is 0.317 e. The Morgan fingerprint density at radius 2 is 2.00 bits per heavy atom. The van der Waals surface area contributed by atoms with E-state index in [-0.39, 0.29) is 23.7 Å². The first-order valence-corrected chi connectivity index (χ1v) is 7.07. The predicted octanol–water partition coefficient (Wildman–Crippen LogP) is 1.61. The second-order valence-electron chi connectivity index (χ2n) is 6.12. The lowest BCUT2D eigenvalue weighted by molar-refractivity contribution is 0.0217. The largest absolute Gasteiger partial charge is 0.396 e. The summed E-state index contributed by atoms with van der Waals surface area (Å²) in [7, 11) is 1.64. The summed E-state index contributed by atoms with van der Waals surface area (Å²) in [5.41, 5.74) is -0.327. The monoisotopic (exact) mass is 272 g/mol. The van der Waals surface area contributed by atoms with Crippen molar-refractivity contribution in [2.24, 2.45) is 5.41 Å². The van der Waals surface area contributed by atoms with Gasteiger partial charge in [0.2, 0.25) is 0 Å². The van der Waals surface area contributed by atoms with Crippen LogP contribution in [-0.2, 0) is 4.74 Å².